The van der Waals surface area contributed by atoms with Crippen molar-refractivity contribution in [2.45, 2.75) is 23.5 Å². The number of rotatable bonds is 7. The third-order valence-electron chi connectivity index (χ3n) is 2.98. The first-order valence-electron chi connectivity index (χ1n) is 6.14. The van der Waals surface area contributed by atoms with Crippen molar-refractivity contribution >= 4 is 33.2 Å². The van der Waals surface area contributed by atoms with Gasteiger partial charge in [0.05, 0.1) is 4.92 Å². The molecule has 0 aliphatic rings. The molecule has 1 rings (SSSR count). The lowest BCUT2D eigenvalue weighted by Crippen LogP contribution is -2.36. The van der Waals surface area contributed by atoms with Crippen LogP contribution in [0.15, 0.2) is 23.1 Å². The van der Waals surface area contributed by atoms with Gasteiger partial charge in [-0.2, -0.15) is 11.8 Å². The molecule has 0 aliphatic heterocycles. The van der Waals surface area contributed by atoms with E-state index in [-0.39, 0.29) is 21.9 Å². The van der Waals surface area contributed by atoms with Crippen molar-refractivity contribution in [1.82, 2.24) is 4.72 Å². The topological polar surface area (TPSA) is 101 Å². The van der Waals surface area contributed by atoms with E-state index in [1.165, 1.54) is 37.0 Å². The van der Waals surface area contributed by atoms with E-state index in [0.29, 0.717) is 0 Å². The van der Waals surface area contributed by atoms with E-state index >= 15 is 0 Å². The van der Waals surface area contributed by atoms with Crippen molar-refractivity contribution in [1.29, 1.82) is 0 Å². The van der Waals surface area contributed by atoms with Crippen LogP contribution in [0.4, 0.5) is 11.4 Å². The Morgan fingerprint density at radius 1 is 1.38 bits per heavy atom. The molecule has 0 aliphatic carbocycles. The van der Waals surface area contributed by atoms with Crippen LogP contribution in [0.3, 0.4) is 0 Å². The fourth-order valence-electron chi connectivity index (χ4n) is 1.55. The van der Waals surface area contributed by atoms with Crippen LogP contribution in [0.5, 0.6) is 0 Å². The van der Waals surface area contributed by atoms with Crippen molar-refractivity contribution in [3.63, 3.8) is 0 Å². The summed E-state index contributed by atoms with van der Waals surface area (Å²) < 4.78 is 26.8. The van der Waals surface area contributed by atoms with E-state index in [4.69, 9.17) is 0 Å². The molecule has 21 heavy (non-hydrogen) atoms. The van der Waals surface area contributed by atoms with E-state index in [2.05, 4.69) is 10.0 Å². The van der Waals surface area contributed by atoms with Gasteiger partial charge in [0, 0.05) is 18.3 Å². The van der Waals surface area contributed by atoms with Gasteiger partial charge in [0.25, 0.3) is 0 Å². The third kappa shape index (κ3) is 4.32. The van der Waals surface area contributed by atoms with Crippen molar-refractivity contribution < 1.29 is 13.3 Å². The molecular weight excluding hydrogens is 314 g/mol. The molecular formula is C12H19N3O4S2. The molecule has 0 saturated carbocycles. The predicted octanol–water partition coefficient (Wildman–Crippen LogP) is 2.06. The maximum absolute atomic E-state index is 12.3. The van der Waals surface area contributed by atoms with Crippen LogP contribution < -0.4 is 10.0 Å². The summed E-state index contributed by atoms with van der Waals surface area (Å²) in [6, 6.07) is 4.16. The summed E-state index contributed by atoms with van der Waals surface area (Å²) in [5, 5.41) is 13.8. The molecule has 118 valence electrons. The highest BCUT2D eigenvalue weighted by molar-refractivity contribution is 8.00. The van der Waals surface area contributed by atoms with Crippen LogP contribution in [0.25, 0.3) is 0 Å². The fourth-order valence-corrected chi connectivity index (χ4v) is 3.26. The lowest BCUT2D eigenvalue weighted by atomic mass is 10.2. The zero-order valence-electron chi connectivity index (χ0n) is 12.3. The second-order valence-electron chi connectivity index (χ2n) is 4.95. The highest BCUT2D eigenvalue weighted by atomic mass is 32.2. The Labute approximate surface area is 128 Å². The van der Waals surface area contributed by atoms with Crippen LogP contribution in [0.1, 0.15) is 13.8 Å². The molecule has 0 bridgehead atoms. The molecule has 0 atom stereocenters. The standard InChI is InChI=1S/C12H19N3O4S2/c1-12(2,20-4)8-14-21(18,19)10-7-5-6-9(13-3)11(10)15(16)17/h5-7,13-14H,8H2,1-4H3. The molecule has 0 spiro atoms. The quantitative estimate of drug-likeness (QED) is 0.585. The smallest absolute Gasteiger partial charge is 0.312 e. The lowest BCUT2D eigenvalue weighted by Gasteiger charge is -2.22. The second-order valence-corrected chi connectivity index (χ2v) is 8.20. The van der Waals surface area contributed by atoms with Gasteiger partial charge < -0.3 is 5.32 Å². The molecule has 0 aromatic heterocycles. The van der Waals surface area contributed by atoms with Crippen LogP contribution in [-0.2, 0) is 10.0 Å². The molecule has 2 N–H and O–H groups in total. The third-order valence-corrected chi connectivity index (χ3v) is 5.66. The van der Waals surface area contributed by atoms with E-state index in [9.17, 15) is 18.5 Å². The Balaban J connectivity index is 3.23. The number of para-hydroxylation sites is 1. The van der Waals surface area contributed by atoms with E-state index < -0.39 is 20.6 Å². The first-order valence-corrected chi connectivity index (χ1v) is 8.85. The van der Waals surface area contributed by atoms with Crippen molar-refractivity contribution in [3.05, 3.63) is 28.3 Å². The lowest BCUT2D eigenvalue weighted by molar-refractivity contribution is -0.386. The summed E-state index contributed by atoms with van der Waals surface area (Å²) in [6.45, 7) is 3.95. The van der Waals surface area contributed by atoms with Crippen LogP contribution >= 0.6 is 11.8 Å². The number of sulfonamides is 1. The molecule has 1 aromatic rings. The van der Waals surface area contributed by atoms with Crippen molar-refractivity contribution in [2.75, 3.05) is 25.2 Å². The number of nitrogens with one attached hydrogen (secondary N) is 2. The number of benzene rings is 1. The Morgan fingerprint density at radius 3 is 2.48 bits per heavy atom. The largest absolute Gasteiger partial charge is 0.383 e. The Kier molecular flexibility index (Phi) is 5.60. The van der Waals surface area contributed by atoms with Gasteiger partial charge in [-0.05, 0) is 32.2 Å². The van der Waals surface area contributed by atoms with Crippen LogP contribution in [0, 0.1) is 10.1 Å². The second kappa shape index (κ2) is 6.63. The summed E-state index contributed by atoms with van der Waals surface area (Å²) in [5.74, 6) is 0. The fraction of sp³-hybridized carbons (Fsp3) is 0.500. The summed E-state index contributed by atoms with van der Waals surface area (Å²) >= 11 is 1.51. The Morgan fingerprint density at radius 2 is 2.00 bits per heavy atom. The Bertz CT molecular complexity index is 629. The van der Waals surface area contributed by atoms with Crippen LogP contribution in [-0.4, -0.2) is 37.9 Å². The number of nitrogens with zero attached hydrogens (tertiary/aromatic N) is 1. The van der Waals surface area contributed by atoms with Gasteiger partial charge in [-0.15, -0.1) is 0 Å². The zero-order chi connectivity index (χ0) is 16.3. The minimum atomic E-state index is -3.96. The number of hydrogen-bond acceptors (Lipinski definition) is 6. The minimum absolute atomic E-state index is 0.159. The maximum Gasteiger partial charge on any atom is 0.312 e. The molecule has 0 fully saturated rings. The number of nitro groups is 1. The van der Waals surface area contributed by atoms with Crippen molar-refractivity contribution in [2.24, 2.45) is 0 Å². The summed E-state index contributed by atoms with van der Waals surface area (Å²) in [5.41, 5.74) is -0.290. The first kappa shape index (κ1) is 17.7. The molecule has 1 aromatic carbocycles. The number of hydrogen-bond donors (Lipinski definition) is 2. The van der Waals surface area contributed by atoms with Gasteiger partial charge in [-0.25, -0.2) is 13.1 Å². The van der Waals surface area contributed by atoms with Gasteiger partial charge >= 0.3 is 5.69 Å². The van der Waals surface area contributed by atoms with Gasteiger partial charge in [0.15, 0.2) is 4.90 Å². The zero-order valence-corrected chi connectivity index (χ0v) is 14.0. The normalized spacial score (nSPS) is 12.2. The minimum Gasteiger partial charge on any atom is -0.383 e. The highest BCUT2D eigenvalue weighted by Crippen LogP contribution is 2.31. The average molecular weight is 333 g/mol. The number of anilines is 1. The summed E-state index contributed by atoms with van der Waals surface area (Å²) in [6.07, 6.45) is 1.87. The summed E-state index contributed by atoms with van der Waals surface area (Å²) in [4.78, 5) is 10.1. The maximum atomic E-state index is 12.3. The predicted molar refractivity (Wildman–Crippen MR) is 85.4 cm³/mol. The molecule has 0 heterocycles. The molecule has 0 amide bonds. The van der Waals surface area contributed by atoms with E-state index in [0.717, 1.165) is 0 Å². The molecule has 7 nitrogen and oxygen atoms in total. The van der Waals surface area contributed by atoms with Gasteiger partial charge in [-0.1, -0.05) is 6.07 Å². The van der Waals surface area contributed by atoms with Crippen LogP contribution in [0.2, 0.25) is 0 Å². The highest BCUT2D eigenvalue weighted by Gasteiger charge is 2.30. The van der Waals surface area contributed by atoms with Gasteiger partial charge in [0.2, 0.25) is 10.0 Å². The average Bonchev–Trinajstić information content (AvgIpc) is 2.44. The first-order chi connectivity index (χ1) is 9.64. The van der Waals surface area contributed by atoms with Crippen molar-refractivity contribution in [3.8, 4) is 0 Å². The number of nitro benzene ring substituents is 1. The Hall–Kier alpha value is -1.32. The monoisotopic (exact) mass is 333 g/mol. The summed E-state index contributed by atoms with van der Waals surface area (Å²) in [7, 11) is -2.45. The molecule has 9 heteroatoms. The number of thioether (sulfide) groups is 1. The van der Waals surface area contributed by atoms with Gasteiger partial charge in [-0.3, -0.25) is 10.1 Å². The molecule has 0 saturated heterocycles. The SMILES string of the molecule is CNc1cccc(S(=O)(=O)NCC(C)(C)SC)c1[N+](=O)[O-]. The van der Waals surface area contributed by atoms with E-state index in [1.54, 1.807) is 0 Å². The van der Waals surface area contributed by atoms with E-state index in [1.807, 2.05) is 20.1 Å². The molecule has 0 unspecified atom stereocenters. The van der Waals surface area contributed by atoms with Gasteiger partial charge in [0.1, 0.15) is 5.69 Å². The molecule has 0 radical (unpaired) electrons.